The Morgan fingerprint density at radius 2 is 1.57 bits per heavy atom. The highest BCUT2D eigenvalue weighted by atomic mass is 35.5. The van der Waals surface area contributed by atoms with Crippen LogP contribution in [0.4, 0.5) is 5.69 Å². The SMILES string of the molecule is COc1cc(CNc2c(Cl)cccc2Cl)cc(OC)c1O. The molecule has 0 aliphatic carbocycles. The van der Waals surface area contributed by atoms with Gasteiger partial charge in [-0.05, 0) is 29.8 Å². The Kier molecular flexibility index (Phi) is 5.04. The number of hydrogen-bond donors (Lipinski definition) is 2. The lowest BCUT2D eigenvalue weighted by atomic mass is 10.1. The molecule has 2 N–H and O–H groups in total. The standard InChI is InChI=1S/C15H15Cl2NO3/c1-20-12-6-9(7-13(21-2)15(12)19)8-18-14-10(16)4-3-5-11(14)17/h3-7,18-19H,8H2,1-2H3. The van der Waals surface area contributed by atoms with Crippen molar-refractivity contribution in [3.05, 3.63) is 45.9 Å². The minimum absolute atomic E-state index is 0.0282. The van der Waals surface area contributed by atoms with Gasteiger partial charge in [0.25, 0.3) is 0 Å². The third-order valence-corrected chi connectivity index (χ3v) is 3.60. The summed E-state index contributed by atoms with van der Waals surface area (Å²) < 4.78 is 10.2. The van der Waals surface area contributed by atoms with Crippen LogP contribution in [0.25, 0.3) is 0 Å². The molecule has 2 aromatic carbocycles. The Bertz CT molecular complexity index is 602. The number of nitrogens with one attached hydrogen (secondary N) is 1. The summed E-state index contributed by atoms with van der Waals surface area (Å²) in [6.45, 7) is 0.455. The van der Waals surface area contributed by atoms with E-state index < -0.39 is 0 Å². The third kappa shape index (κ3) is 3.46. The van der Waals surface area contributed by atoms with Gasteiger partial charge in [0, 0.05) is 6.54 Å². The fraction of sp³-hybridized carbons (Fsp3) is 0.200. The largest absolute Gasteiger partial charge is 0.502 e. The lowest BCUT2D eigenvalue weighted by Gasteiger charge is -2.13. The summed E-state index contributed by atoms with van der Waals surface area (Å²) in [6.07, 6.45) is 0. The summed E-state index contributed by atoms with van der Waals surface area (Å²) in [6, 6.07) is 8.73. The van der Waals surface area contributed by atoms with E-state index in [1.54, 1.807) is 30.3 Å². The van der Waals surface area contributed by atoms with E-state index in [4.69, 9.17) is 32.7 Å². The molecule has 0 radical (unpaired) electrons. The summed E-state index contributed by atoms with van der Waals surface area (Å²) in [7, 11) is 2.97. The molecule has 2 rings (SSSR count). The molecule has 2 aromatic rings. The molecule has 0 aliphatic heterocycles. The fourth-order valence-corrected chi connectivity index (χ4v) is 2.44. The lowest BCUT2D eigenvalue weighted by Crippen LogP contribution is -2.02. The zero-order chi connectivity index (χ0) is 15.4. The summed E-state index contributed by atoms with van der Waals surface area (Å²) >= 11 is 12.2. The average molecular weight is 328 g/mol. The van der Waals surface area contributed by atoms with E-state index in [0.717, 1.165) is 5.56 Å². The molecule has 6 heteroatoms. The van der Waals surface area contributed by atoms with E-state index in [0.29, 0.717) is 33.8 Å². The first kappa shape index (κ1) is 15.6. The van der Waals surface area contributed by atoms with E-state index >= 15 is 0 Å². The smallest absolute Gasteiger partial charge is 0.200 e. The number of para-hydroxylation sites is 1. The normalized spacial score (nSPS) is 10.3. The summed E-state index contributed by atoms with van der Waals surface area (Å²) in [5.41, 5.74) is 1.52. The van der Waals surface area contributed by atoms with Gasteiger partial charge in [-0.25, -0.2) is 0 Å². The van der Waals surface area contributed by atoms with Crippen LogP contribution in [-0.2, 0) is 6.54 Å². The van der Waals surface area contributed by atoms with Crippen molar-refractivity contribution in [2.75, 3.05) is 19.5 Å². The van der Waals surface area contributed by atoms with Crippen LogP contribution in [0.5, 0.6) is 17.2 Å². The fourth-order valence-electron chi connectivity index (χ4n) is 1.91. The number of phenols is 1. The van der Waals surface area contributed by atoms with Crippen LogP contribution >= 0.6 is 23.2 Å². The summed E-state index contributed by atoms with van der Waals surface area (Å²) in [5.74, 6) is 0.660. The van der Waals surface area contributed by atoms with Gasteiger partial charge in [0.05, 0.1) is 30.0 Å². The van der Waals surface area contributed by atoms with Crippen LogP contribution in [0, 0.1) is 0 Å². The van der Waals surface area contributed by atoms with Crippen LogP contribution in [-0.4, -0.2) is 19.3 Å². The number of ether oxygens (including phenoxy) is 2. The Balaban J connectivity index is 2.24. The third-order valence-electron chi connectivity index (χ3n) is 2.97. The van der Waals surface area contributed by atoms with E-state index in [1.807, 2.05) is 0 Å². The van der Waals surface area contributed by atoms with Gasteiger partial charge in [0.15, 0.2) is 11.5 Å². The predicted molar refractivity (Wildman–Crippen MR) is 85.0 cm³/mol. The minimum atomic E-state index is -0.0282. The van der Waals surface area contributed by atoms with Gasteiger partial charge in [0.1, 0.15) is 0 Å². The molecule has 0 unspecified atom stereocenters. The maximum atomic E-state index is 9.87. The van der Waals surface area contributed by atoms with Crippen LogP contribution in [0.3, 0.4) is 0 Å². The van der Waals surface area contributed by atoms with Crippen molar-refractivity contribution in [3.63, 3.8) is 0 Å². The highest BCUT2D eigenvalue weighted by molar-refractivity contribution is 6.39. The van der Waals surface area contributed by atoms with Crippen molar-refractivity contribution >= 4 is 28.9 Å². The molecule has 0 spiro atoms. The quantitative estimate of drug-likeness (QED) is 0.858. The molecular formula is C15H15Cl2NO3. The highest BCUT2D eigenvalue weighted by Crippen LogP contribution is 2.37. The second kappa shape index (κ2) is 6.78. The van der Waals surface area contributed by atoms with E-state index in [1.165, 1.54) is 14.2 Å². The van der Waals surface area contributed by atoms with Gasteiger partial charge in [0.2, 0.25) is 5.75 Å². The molecule has 0 amide bonds. The summed E-state index contributed by atoms with van der Waals surface area (Å²) in [4.78, 5) is 0. The van der Waals surface area contributed by atoms with Gasteiger partial charge >= 0.3 is 0 Å². The molecular weight excluding hydrogens is 313 g/mol. The first-order valence-corrected chi connectivity index (χ1v) is 6.94. The minimum Gasteiger partial charge on any atom is -0.502 e. The molecule has 0 atom stereocenters. The average Bonchev–Trinajstić information content (AvgIpc) is 2.48. The molecule has 0 fully saturated rings. The number of methoxy groups -OCH3 is 2. The second-order valence-electron chi connectivity index (χ2n) is 4.30. The molecule has 0 heterocycles. The number of halogens is 2. The van der Waals surface area contributed by atoms with E-state index in [2.05, 4.69) is 5.32 Å². The van der Waals surface area contributed by atoms with E-state index in [-0.39, 0.29) is 5.75 Å². The van der Waals surface area contributed by atoms with Crippen LogP contribution in [0.1, 0.15) is 5.56 Å². The maximum Gasteiger partial charge on any atom is 0.200 e. The number of benzene rings is 2. The van der Waals surface area contributed by atoms with E-state index in [9.17, 15) is 5.11 Å². The number of aromatic hydroxyl groups is 1. The van der Waals surface area contributed by atoms with Gasteiger partial charge in [-0.15, -0.1) is 0 Å². The molecule has 4 nitrogen and oxygen atoms in total. The lowest BCUT2D eigenvalue weighted by molar-refractivity contribution is 0.339. The van der Waals surface area contributed by atoms with Crippen LogP contribution < -0.4 is 14.8 Å². The Labute approximate surface area is 133 Å². The Hall–Kier alpha value is -1.78. The Morgan fingerprint density at radius 3 is 2.05 bits per heavy atom. The van der Waals surface area contributed by atoms with Crippen molar-refractivity contribution in [2.45, 2.75) is 6.54 Å². The Morgan fingerprint density at radius 1 is 1.05 bits per heavy atom. The predicted octanol–water partition coefficient (Wildman–Crippen LogP) is 4.33. The van der Waals surface area contributed by atoms with Crippen LogP contribution in [0.2, 0.25) is 10.0 Å². The second-order valence-corrected chi connectivity index (χ2v) is 5.11. The number of hydrogen-bond acceptors (Lipinski definition) is 4. The monoisotopic (exact) mass is 327 g/mol. The van der Waals surface area contributed by atoms with Crippen molar-refractivity contribution < 1.29 is 14.6 Å². The zero-order valence-corrected chi connectivity index (χ0v) is 13.1. The van der Waals surface area contributed by atoms with Gasteiger partial charge in [-0.1, -0.05) is 29.3 Å². The van der Waals surface area contributed by atoms with Crippen molar-refractivity contribution in [1.29, 1.82) is 0 Å². The molecule has 0 saturated carbocycles. The van der Waals surface area contributed by atoms with Crippen molar-refractivity contribution in [3.8, 4) is 17.2 Å². The van der Waals surface area contributed by atoms with Gasteiger partial charge in [-0.2, -0.15) is 0 Å². The molecule has 0 saturated heterocycles. The van der Waals surface area contributed by atoms with Crippen molar-refractivity contribution in [1.82, 2.24) is 0 Å². The number of phenolic OH excluding ortho intramolecular Hbond substituents is 1. The molecule has 0 bridgehead atoms. The number of anilines is 1. The topological polar surface area (TPSA) is 50.7 Å². The molecule has 0 aromatic heterocycles. The molecule has 21 heavy (non-hydrogen) atoms. The first-order chi connectivity index (χ1) is 10.1. The molecule has 0 aliphatic rings. The maximum absolute atomic E-state index is 9.87. The van der Waals surface area contributed by atoms with Gasteiger partial charge < -0.3 is 19.9 Å². The summed E-state index contributed by atoms with van der Waals surface area (Å²) in [5, 5.41) is 14.1. The first-order valence-electron chi connectivity index (χ1n) is 6.18. The van der Waals surface area contributed by atoms with Crippen LogP contribution in [0.15, 0.2) is 30.3 Å². The number of rotatable bonds is 5. The van der Waals surface area contributed by atoms with Gasteiger partial charge in [-0.3, -0.25) is 0 Å². The zero-order valence-electron chi connectivity index (χ0n) is 11.6. The highest BCUT2D eigenvalue weighted by Gasteiger charge is 2.12. The molecule has 112 valence electrons. The van der Waals surface area contributed by atoms with Crippen molar-refractivity contribution in [2.24, 2.45) is 0 Å².